The van der Waals surface area contributed by atoms with Gasteiger partial charge in [-0.1, -0.05) is 58.4 Å². The van der Waals surface area contributed by atoms with E-state index >= 15 is 0 Å². The van der Waals surface area contributed by atoms with Gasteiger partial charge in [-0.05, 0) is 80.3 Å². The number of furan rings is 1. The Morgan fingerprint density at radius 2 is 1.79 bits per heavy atom. The molecule has 0 spiro atoms. The van der Waals surface area contributed by atoms with E-state index in [1.54, 1.807) is 18.3 Å². The van der Waals surface area contributed by atoms with Crippen molar-refractivity contribution in [3.05, 3.63) is 111 Å². The van der Waals surface area contributed by atoms with E-state index < -0.39 is 5.91 Å². The molecule has 0 aliphatic heterocycles. The maximum atomic E-state index is 12.4. The fraction of sp³-hybridized carbons (Fsp3) is 0.0370. The minimum Gasteiger partial charge on any atom is -0.488 e. The van der Waals surface area contributed by atoms with E-state index in [0.29, 0.717) is 12.2 Å². The second-order valence-corrected chi connectivity index (χ2v) is 9.38. The molecular formula is C27H18Br2N2O3. The number of amides is 1. The Balaban J connectivity index is 1.23. The Labute approximate surface area is 212 Å². The van der Waals surface area contributed by atoms with Crippen LogP contribution in [-0.2, 0) is 6.61 Å². The van der Waals surface area contributed by atoms with Crippen molar-refractivity contribution < 1.29 is 13.9 Å². The lowest BCUT2D eigenvalue weighted by Gasteiger charge is -2.11. The Morgan fingerprint density at radius 3 is 2.68 bits per heavy atom. The minimum atomic E-state index is -0.419. The highest BCUT2D eigenvalue weighted by Crippen LogP contribution is 2.28. The topological polar surface area (TPSA) is 63.8 Å². The van der Waals surface area contributed by atoms with Gasteiger partial charge in [0, 0.05) is 9.86 Å². The molecule has 0 aliphatic carbocycles. The molecule has 0 atom stereocenters. The molecule has 0 saturated heterocycles. The Kier molecular flexibility index (Phi) is 6.47. The molecule has 5 aromatic rings. The summed E-state index contributed by atoms with van der Waals surface area (Å²) in [5, 5.41) is 7.25. The van der Waals surface area contributed by atoms with Gasteiger partial charge in [0.15, 0.2) is 5.76 Å². The molecule has 0 unspecified atom stereocenters. The van der Waals surface area contributed by atoms with Crippen LogP contribution >= 0.6 is 31.9 Å². The molecule has 1 N–H and O–H groups in total. The van der Waals surface area contributed by atoms with E-state index in [-0.39, 0.29) is 5.76 Å². The van der Waals surface area contributed by atoms with Gasteiger partial charge in [0.2, 0.25) is 0 Å². The number of carbonyl (C=O) groups is 1. The first kappa shape index (κ1) is 22.4. The molecule has 7 heteroatoms. The van der Waals surface area contributed by atoms with Crippen molar-refractivity contribution in [2.45, 2.75) is 6.61 Å². The van der Waals surface area contributed by atoms with Gasteiger partial charge < -0.3 is 9.15 Å². The lowest BCUT2D eigenvalue weighted by Crippen LogP contribution is -2.16. The van der Waals surface area contributed by atoms with Gasteiger partial charge in [-0.15, -0.1) is 0 Å². The number of fused-ring (bicyclic) bond motifs is 2. The van der Waals surface area contributed by atoms with E-state index in [9.17, 15) is 4.79 Å². The monoisotopic (exact) mass is 576 g/mol. The third-order valence-corrected chi connectivity index (χ3v) is 6.41. The first-order valence-electron chi connectivity index (χ1n) is 10.5. The number of ether oxygens (including phenoxy) is 1. The molecule has 168 valence electrons. The van der Waals surface area contributed by atoms with Crippen LogP contribution in [0.2, 0.25) is 0 Å². The van der Waals surface area contributed by atoms with Crippen molar-refractivity contribution in [1.82, 2.24) is 5.43 Å². The molecule has 0 radical (unpaired) electrons. The number of nitrogens with zero attached hydrogens (tertiary/aromatic N) is 1. The van der Waals surface area contributed by atoms with Gasteiger partial charge in [-0.25, -0.2) is 5.43 Å². The van der Waals surface area contributed by atoms with E-state index in [1.807, 2.05) is 48.5 Å². The van der Waals surface area contributed by atoms with Crippen LogP contribution in [0.1, 0.15) is 21.7 Å². The molecule has 34 heavy (non-hydrogen) atoms. The van der Waals surface area contributed by atoms with Crippen molar-refractivity contribution in [1.29, 1.82) is 0 Å². The third-order valence-electron chi connectivity index (χ3n) is 5.30. The first-order valence-corrected chi connectivity index (χ1v) is 12.1. The highest BCUT2D eigenvalue weighted by molar-refractivity contribution is 9.10. The van der Waals surface area contributed by atoms with E-state index in [4.69, 9.17) is 9.15 Å². The van der Waals surface area contributed by atoms with Crippen LogP contribution in [0.5, 0.6) is 5.75 Å². The van der Waals surface area contributed by atoms with Crippen molar-refractivity contribution in [2.75, 3.05) is 0 Å². The van der Waals surface area contributed by atoms with Crippen LogP contribution in [0, 0.1) is 0 Å². The van der Waals surface area contributed by atoms with Crippen LogP contribution in [0.25, 0.3) is 21.7 Å². The number of hydrogen-bond donors (Lipinski definition) is 1. The first-order chi connectivity index (χ1) is 16.6. The summed E-state index contributed by atoms with van der Waals surface area (Å²) in [5.74, 6) is 0.504. The van der Waals surface area contributed by atoms with Crippen molar-refractivity contribution in [3.8, 4) is 5.75 Å². The molecule has 1 aromatic heterocycles. The number of carbonyl (C=O) groups excluding carboxylic acids is 1. The number of hydrazone groups is 1. The normalized spacial score (nSPS) is 11.4. The Hall–Kier alpha value is -3.42. The fourth-order valence-electron chi connectivity index (χ4n) is 3.63. The van der Waals surface area contributed by atoms with Crippen LogP contribution in [0.15, 0.2) is 103 Å². The minimum absolute atomic E-state index is 0.198. The molecule has 5 rings (SSSR count). The second kappa shape index (κ2) is 9.83. The van der Waals surface area contributed by atoms with Gasteiger partial charge in [0.25, 0.3) is 0 Å². The lowest BCUT2D eigenvalue weighted by molar-refractivity contribution is 0.0929. The van der Waals surface area contributed by atoms with E-state index in [1.165, 1.54) is 10.8 Å². The summed E-state index contributed by atoms with van der Waals surface area (Å²) in [6, 6.07) is 27.3. The standard InChI is InChI=1S/C27H18Br2N2O3/c28-21-9-11-24-20(13-21)14-26(34-24)27(32)31-30-15-17-8-10-25(23(29)12-17)33-16-19-6-3-5-18-4-1-2-7-22(18)19/h1-15H,16H2,(H,31,32)/b30-15+. The lowest BCUT2D eigenvalue weighted by atomic mass is 10.1. The zero-order valence-electron chi connectivity index (χ0n) is 17.8. The zero-order valence-corrected chi connectivity index (χ0v) is 21.0. The third kappa shape index (κ3) is 4.90. The predicted octanol–water partition coefficient (Wildman–Crippen LogP) is 7.45. The number of rotatable bonds is 6. The summed E-state index contributed by atoms with van der Waals surface area (Å²) < 4.78 is 13.3. The van der Waals surface area contributed by atoms with Crippen LogP contribution < -0.4 is 10.2 Å². The van der Waals surface area contributed by atoms with Crippen LogP contribution in [0.4, 0.5) is 0 Å². The summed E-state index contributed by atoms with van der Waals surface area (Å²) in [7, 11) is 0. The SMILES string of the molecule is O=C(N/N=C/c1ccc(OCc2cccc3ccccc23)c(Br)c1)c1cc2cc(Br)ccc2o1. The second-order valence-electron chi connectivity index (χ2n) is 7.61. The molecule has 0 aliphatic rings. The summed E-state index contributed by atoms with van der Waals surface area (Å²) in [5.41, 5.74) is 5.06. The van der Waals surface area contributed by atoms with E-state index in [2.05, 4.69) is 66.7 Å². The van der Waals surface area contributed by atoms with Gasteiger partial charge in [0.1, 0.15) is 17.9 Å². The molecule has 1 heterocycles. The number of benzene rings is 4. The van der Waals surface area contributed by atoms with Crippen molar-refractivity contribution in [2.24, 2.45) is 5.10 Å². The van der Waals surface area contributed by atoms with Gasteiger partial charge in [-0.2, -0.15) is 5.10 Å². The summed E-state index contributed by atoms with van der Waals surface area (Å²) in [6.45, 7) is 0.456. The molecule has 0 bridgehead atoms. The Bertz CT molecular complexity index is 1540. The maximum Gasteiger partial charge on any atom is 0.307 e. The highest BCUT2D eigenvalue weighted by atomic mass is 79.9. The zero-order chi connectivity index (χ0) is 23.5. The largest absolute Gasteiger partial charge is 0.488 e. The molecular weight excluding hydrogens is 560 g/mol. The number of hydrogen-bond acceptors (Lipinski definition) is 4. The molecule has 0 fully saturated rings. The fourth-order valence-corrected chi connectivity index (χ4v) is 4.52. The van der Waals surface area contributed by atoms with E-state index in [0.717, 1.165) is 31.2 Å². The predicted molar refractivity (Wildman–Crippen MR) is 141 cm³/mol. The molecule has 5 nitrogen and oxygen atoms in total. The van der Waals surface area contributed by atoms with Crippen molar-refractivity contribution >= 4 is 65.7 Å². The number of halogens is 2. The smallest absolute Gasteiger partial charge is 0.307 e. The van der Waals surface area contributed by atoms with Crippen LogP contribution in [-0.4, -0.2) is 12.1 Å². The highest BCUT2D eigenvalue weighted by Gasteiger charge is 2.12. The maximum absolute atomic E-state index is 12.4. The Morgan fingerprint density at radius 1 is 0.941 bits per heavy atom. The van der Waals surface area contributed by atoms with Gasteiger partial charge in [-0.3, -0.25) is 4.79 Å². The van der Waals surface area contributed by atoms with Gasteiger partial charge >= 0.3 is 5.91 Å². The quantitative estimate of drug-likeness (QED) is 0.168. The summed E-state index contributed by atoms with van der Waals surface area (Å²) >= 11 is 6.97. The average molecular weight is 578 g/mol. The number of nitrogens with one attached hydrogen (secondary N) is 1. The molecule has 1 amide bonds. The van der Waals surface area contributed by atoms with Crippen molar-refractivity contribution in [3.63, 3.8) is 0 Å². The van der Waals surface area contributed by atoms with Crippen LogP contribution in [0.3, 0.4) is 0 Å². The summed E-state index contributed by atoms with van der Waals surface area (Å²) in [6.07, 6.45) is 1.57. The van der Waals surface area contributed by atoms with Gasteiger partial charge in [0.05, 0.1) is 10.7 Å². The average Bonchev–Trinajstić information content (AvgIpc) is 3.27. The molecule has 0 saturated carbocycles. The molecule has 4 aromatic carbocycles. The summed E-state index contributed by atoms with van der Waals surface area (Å²) in [4.78, 5) is 12.4.